The number of ketones is 1. The quantitative estimate of drug-likeness (QED) is 0.818. The smallest absolute Gasteiger partial charge is 0.192 e. The molecule has 5 heteroatoms. The number of piperidine rings is 1. The molecule has 2 aromatic rings. The predicted molar refractivity (Wildman–Crippen MR) is 88.8 cm³/mol. The fraction of sp³-hybridized carbons (Fsp3) is 0.556. The van der Waals surface area contributed by atoms with Crippen LogP contribution in [0.1, 0.15) is 38.5 Å². The molecule has 0 N–H and O–H groups in total. The molecule has 0 amide bonds. The monoisotopic (exact) mass is 316 g/mol. The van der Waals surface area contributed by atoms with Crippen LogP contribution in [0.25, 0.3) is 11.1 Å². The normalized spacial score (nSPS) is 17.3. The zero-order chi connectivity index (χ0) is 16.2. The summed E-state index contributed by atoms with van der Waals surface area (Å²) < 4.78 is 11.5. The van der Waals surface area contributed by atoms with Crippen molar-refractivity contribution in [3.8, 4) is 5.75 Å². The molecule has 1 aliphatic heterocycles. The number of hydrogen-bond acceptors (Lipinski definition) is 5. The van der Waals surface area contributed by atoms with Crippen LogP contribution in [0.2, 0.25) is 0 Å². The van der Waals surface area contributed by atoms with E-state index in [1.54, 1.807) is 6.92 Å². The fourth-order valence-corrected chi connectivity index (χ4v) is 3.21. The molecule has 3 rings (SSSR count). The molecular weight excluding hydrogens is 292 g/mol. The summed E-state index contributed by atoms with van der Waals surface area (Å²) in [7, 11) is 0. The number of oxazole rings is 1. The average molecular weight is 316 g/mol. The van der Waals surface area contributed by atoms with Crippen molar-refractivity contribution in [1.82, 2.24) is 9.88 Å². The van der Waals surface area contributed by atoms with E-state index < -0.39 is 0 Å². The molecule has 5 nitrogen and oxygen atoms in total. The maximum atomic E-state index is 11.6. The summed E-state index contributed by atoms with van der Waals surface area (Å²) in [5.41, 5.74) is 1.58. The Morgan fingerprint density at radius 2 is 2.13 bits per heavy atom. The van der Waals surface area contributed by atoms with Crippen molar-refractivity contribution < 1.29 is 13.9 Å². The van der Waals surface area contributed by atoms with E-state index in [-0.39, 0.29) is 11.8 Å². The van der Waals surface area contributed by atoms with Crippen molar-refractivity contribution >= 4 is 16.9 Å². The van der Waals surface area contributed by atoms with Crippen LogP contribution >= 0.6 is 0 Å². The van der Waals surface area contributed by atoms with Crippen molar-refractivity contribution in [2.75, 3.05) is 19.7 Å². The van der Waals surface area contributed by atoms with E-state index in [2.05, 4.69) is 9.88 Å². The Hall–Kier alpha value is -1.88. The van der Waals surface area contributed by atoms with Crippen molar-refractivity contribution in [2.24, 2.45) is 0 Å². The van der Waals surface area contributed by atoms with Crippen LogP contribution < -0.4 is 4.74 Å². The number of carbonyl (C=O) groups is 1. The van der Waals surface area contributed by atoms with E-state index in [9.17, 15) is 4.79 Å². The zero-order valence-corrected chi connectivity index (χ0v) is 13.9. The van der Waals surface area contributed by atoms with E-state index in [4.69, 9.17) is 9.15 Å². The van der Waals surface area contributed by atoms with Gasteiger partial charge >= 0.3 is 0 Å². The Balaban J connectivity index is 1.67. The summed E-state index contributed by atoms with van der Waals surface area (Å²) in [6.07, 6.45) is 4.24. The second-order valence-electron chi connectivity index (χ2n) is 6.33. The summed E-state index contributed by atoms with van der Waals surface area (Å²) in [4.78, 5) is 18.3. The third-order valence-corrected chi connectivity index (χ3v) is 4.34. The number of carbonyl (C=O) groups excluding carboxylic acids is 1. The van der Waals surface area contributed by atoms with Crippen LogP contribution in [0, 0.1) is 6.92 Å². The topological polar surface area (TPSA) is 55.6 Å². The van der Waals surface area contributed by atoms with Crippen molar-refractivity contribution in [3.63, 3.8) is 0 Å². The first-order chi connectivity index (χ1) is 11.1. The van der Waals surface area contributed by atoms with Crippen LogP contribution in [-0.4, -0.2) is 41.4 Å². The van der Waals surface area contributed by atoms with E-state index in [1.807, 2.05) is 25.1 Å². The fourth-order valence-electron chi connectivity index (χ4n) is 3.21. The third kappa shape index (κ3) is 4.10. The lowest BCUT2D eigenvalue weighted by Gasteiger charge is -2.34. The van der Waals surface area contributed by atoms with Gasteiger partial charge in [0.05, 0.1) is 6.04 Å². The Morgan fingerprint density at radius 1 is 1.35 bits per heavy atom. The Morgan fingerprint density at radius 3 is 2.87 bits per heavy atom. The van der Waals surface area contributed by atoms with Gasteiger partial charge in [-0.15, -0.1) is 0 Å². The lowest BCUT2D eigenvalue weighted by molar-refractivity contribution is -0.118. The van der Waals surface area contributed by atoms with E-state index in [0.717, 1.165) is 29.9 Å². The maximum absolute atomic E-state index is 11.6. The number of Topliss-reactive ketones (excluding diaryl/α,β-unsaturated/α-hetero) is 1. The molecule has 1 unspecified atom stereocenters. The summed E-state index contributed by atoms with van der Waals surface area (Å²) in [5.74, 6) is 1.63. The van der Waals surface area contributed by atoms with Crippen molar-refractivity contribution in [2.45, 2.75) is 45.6 Å². The van der Waals surface area contributed by atoms with Crippen LogP contribution in [0.15, 0.2) is 22.6 Å². The number of ether oxygens (including phenoxy) is 1. The predicted octanol–water partition coefficient (Wildman–Crippen LogP) is 3.35. The lowest BCUT2D eigenvalue weighted by atomic mass is 10.1. The van der Waals surface area contributed by atoms with Crippen molar-refractivity contribution in [1.29, 1.82) is 0 Å². The number of aromatic nitrogens is 1. The highest BCUT2D eigenvalue weighted by atomic mass is 16.5. The molecule has 1 atom stereocenters. The molecule has 1 saturated heterocycles. The average Bonchev–Trinajstić information content (AvgIpc) is 2.91. The SMILES string of the molecule is CC(=O)CC(COc1ccc2nc(C)oc2c1)N1CCCCC1. The largest absolute Gasteiger partial charge is 0.492 e. The van der Waals surface area contributed by atoms with E-state index in [1.165, 1.54) is 19.3 Å². The van der Waals surface area contributed by atoms with Gasteiger partial charge in [-0.2, -0.15) is 0 Å². The Kier molecular flexibility index (Phi) is 4.96. The minimum Gasteiger partial charge on any atom is -0.492 e. The minimum atomic E-state index is 0.153. The van der Waals surface area contributed by atoms with Gasteiger partial charge in [0.25, 0.3) is 0 Å². The van der Waals surface area contributed by atoms with Gasteiger partial charge in [-0.25, -0.2) is 4.98 Å². The van der Waals surface area contributed by atoms with Gasteiger partial charge in [-0.1, -0.05) is 6.42 Å². The van der Waals surface area contributed by atoms with E-state index in [0.29, 0.717) is 18.9 Å². The molecule has 0 radical (unpaired) electrons. The molecular formula is C18H24N2O3. The van der Waals surface area contributed by atoms with Gasteiger partial charge in [-0.3, -0.25) is 9.69 Å². The summed E-state index contributed by atoms with van der Waals surface area (Å²) in [5, 5.41) is 0. The van der Waals surface area contributed by atoms with Gasteiger partial charge < -0.3 is 9.15 Å². The number of hydrogen-bond donors (Lipinski definition) is 0. The molecule has 0 spiro atoms. The Labute approximate surface area is 136 Å². The molecule has 0 bridgehead atoms. The van der Waals surface area contributed by atoms with Crippen LogP contribution in [-0.2, 0) is 4.79 Å². The molecule has 2 heterocycles. The second kappa shape index (κ2) is 7.13. The molecule has 1 aliphatic rings. The first-order valence-corrected chi connectivity index (χ1v) is 8.35. The highest BCUT2D eigenvalue weighted by molar-refractivity contribution is 5.76. The van der Waals surface area contributed by atoms with Crippen LogP contribution in [0.4, 0.5) is 0 Å². The van der Waals surface area contributed by atoms with Crippen LogP contribution in [0.5, 0.6) is 5.75 Å². The zero-order valence-electron chi connectivity index (χ0n) is 13.9. The molecule has 124 valence electrons. The summed E-state index contributed by atoms with van der Waals surface area (Å²) >= 11 is 0. The maximum Gasteiger partial charge on any atom is 0.192 e. The highest BCUT2D eigenvalue weighted by Crippen LogP contribution is 2.22. The molecule has 1 aromatic carbocycles. The molecule has 1 fully saturated rings. The van der Waals surface area contributed by atoms with Crippen LogP contribution in [0.3, 0.4) is 0 Å². The highest BCUT2D eigenvalue weighted by Gasteiger charge is 2.22. The summed E-state index contributed by atoms with van der Waals surface area (Å²) in [6, 6.07) is 5.84. The van der Waals surface area contributed by atoms with Gasteiger partial charge in [0.1, 0.15) is 23.7 Å². The van der Waals surface area contributed by atoms with Gasteiger partial charge in [-0.05, 0) is 45.0 Å². The standard InChI is InChI=1S/C18H24N2O3/c1-13(21)10-15(20-8-4-3-5-9-20)12-22-16-6-7-17-18(11-16)23-14(2)19-17/h6-7,11,15H,3-5,8-10,12H2,1-2H3. The number of likely N-dealkylation sites (tertiary alicyclic amines) is 1. The molecule has 0 saturated carbocycles. The number of nitrogens with zero attached hydrogens (tertiary/aromatic N) is 2. The number of aryl methyl sites for hydroxylation is 1. The first-order valence-electron chi connectivity index (χ1n) is 8.35. The number of rotatable bonds is 6. The summed E-state index contributed by atoms with van der Waals surface area (Å²) in [6.45, 7) is 6.13. The first kappa shape index (κ1) is 16.0. The van der Waals surface area contributed by atoms with Crippen molar-refractivity contribution in [3.05, 3.63) is 24.1 Å². The molecule has 23 heavy (non-hydrogen) atoms. The molecule has 1 aromatic heterocycles. The second-order valence-corrected chi connectivity index (χ2v) is 6.33. The van der Waals surface area contributed by atoms with Gasteiger partial charge in [0.2, 0.25) is 0 Å². The molecule has 0 aliphatic carbocycles. The Bertz CT molecular complexity index is 674. The van der Waals surface area contributed by atoms with E-state index >= 15 is 0 Å². The van der Waals surface area contributed by atoms with Gasteiger partial charge in [0, 0.05) is 19.4 Å². The minimum absolute atomic E-state index is 0.153. The lowest BCUT2D eigenvalue weighted by Crippen LogP contribution is -2.43. The number of fused-ring (bicyclic) bond motifs is 1. The van der Waals surface area contributed by atoms with Gasteiger partial charge in [0.15, 0.2) is 11.5 Å². The number of benzene rings is 1. The third-order valence-electron chi connectivity index (χ3n) is 4.34.